The number of carbonyl (C=O) groups is 1. The van der Waals surface area contributed by atoms with Crippen LogP contribution >= 0.6 is 23.2 Å². The summed E-state index contributed by atoms with van der Waals surface area (Å²) in [5.74, 6) is -1.21. The van der Waals surface area contributed by atoms with Crippen molar-refractivity contribution < 1.29 is 4.79 Å². The second-order valence-electron chi connectivity index (χ2n) is 4.42. The largest absolute Gasteiger partial charge is 0.292 e. The van der Waals surface area contributed by atoms with Crippen LogP contribution in [0.15, 0.2) is 23.2 Å². The van der Waals surface area contributed by atoms with Crippen molar-refractivity contribution in [1.82, 2.24) is 0 Å². The van der Waals surface area contributed by atoms with E-state index >= 15 is 0 Å². The maximum atomic E-state index is 12.3. The van der Waals surface area contributed by atoms with Gasteiger partial charge in [-0.2, -0.15) is 5.26 Å². The van der Waals surface area contributed by atoms with Gasteiger partial charge < -0.3 is 0 Å². The summed E-state index contributed by atoms with van der Waals surface area (Å²) in [6.45, 7) is 5.46. The van der Waals surface area contributed by atoms with Crippen LogP contribution in [0.3, 0.4) is 0 Å². The van der Waals surface area contributed by atoms with Crippen molar-refractivity contribution in [2.24, 2.45) is 10.9 Å². The van der Waals surface area contributed by atoms with Gasteiger partial charge in [0.25, 0.3) is 0 Å². The first-order valence-electron chi connectivity index (χ1n) is 5.80. The van der Waals surface area contributed by atoms with Crippen molar-refractivity contribution in [3.8, 4) is 6.07 Å². The highest BCUT2D eigenvalue weighted by molar-refractivity contribution is 6.42. The smallest absolute Gasteiger partial charge is 0.185 e. The molecule has 0 N–H and O–H groups in total. The molecule has 19 heavy (non-hydrogen) atoms. The molecule has 0 fully saturated rings. The molecule has 0 heterocycles. The molecular weight excluding hydrogens is 283 g/mol. The first kappa shape index (κ1) is 15.7. The molecule has 0 aliphatic heterocycles. The van der Waals surface area contributed by atoms with Crippen LogP contribution in [0, 0.1) is 17.2 Å². The third-order valence-electron chi connectivity index (χ3n) is 2.48. The molecule has 5 heteroatoms. The standard InChI is InChI=1S/C14H14Cl2N2O/c1-8(2)18-9(3)11(7-17)14(19)10-4-5-12(15)13(16)6-10/h4-6,8,11H,1-3H3. The Kier molecular flexibility index (Phi) is 5.53. The normalized spacial score (nSPS) is 13.2. The fraction of sp³-hybridized carbons (Fsp3) is 0.357. The van der Waals surface area contributed by atoms with Gasteiger partial charge in [-0.15, -0.1) is 0 Å². The molecule has 1 rings (SSSR count). The summed E-state index contributed by atoms with van der Waals surface area (Å²) in [4.78, 5) is 16.5. The zero-order valence-corrected chi connectivity index (χ0v) is 12.5. The molecule has 1 atom stereocenters. The molecule has 0 aliphatic rings. The number of carbonyl (C=O) groups excluding carboxylic acids is 1. The van der Waals surface area contributed by atoms with E-state index in [4.69, 9.17) is 28.5 Å². The van der Waals surface area contributed by atoms with Gasteiger partial charge in [-0.25, -0.2) is 0 Å². The van der Waals surface area contributed by atoms with Crippen LogP contribution in [0.1, 0.15) is 31.1 Å². The van der Waals surface area contributed by atoms with Crippen LogP contribution < -0.4 is 0 Å². The number of nitriles is 1. The van der Waals surface area contributed by atoms with E-state index in [1.165, 1.54) is 6.07 Å². The number of ketones is 1. The Labute approximate surface area is 122 Å². The number of benzene rings is 1. The number of hydrogen-bond donors (Lipinski definition) is 0. The monoisotopic (exact) mass is 296 g/mol. The number of halogens is 2. The van der Waals surface area contributed by atoms with Gasteiger partial charge in [0.2, 0.25) is 0 Å². The average Bonchev–Trinajstić information content (AvgIpc) is 2.32. The quantitative estimate of drug-likeness (QED) is 0.618. The van der Waals surface area contributed by atoms with Crippen LogP contribution in [0.2, 0.25) is 10.0 Å². The predicted molar refractivity (Wildman–Crippen MR) is 78.1 cm³/mol. The highest BCUT2D eigenvalue weighted by Gasteiger charge is 2.23. The van der Waals surface area contributed by atoms with Crippen molar-refractivity contribution in [1.29, 1.82) is 5.26 Å². The summed E-state index contributed by atoms with van der Waals surface area (Å²) in [6, 6.07) is 6.60. The lowest BCUT2D eigenvalue weighted by atomic mass is 9.95. The zero-order chi connectivity index (χ0) is 14.6. The lowest BCUT2D eigenvalue weighted by Gasteiger charge is -2.10. The number of rotatable bonds is 4. The van der Waals surface area contributed by atoms with Gasteiger partial charge in [0.05, 0.1) is 16.1 Å². The van der Waals surface area contributed by atoms with E-state index in [2.05, 4.69) is 4.99 Å². The SMILES string of the molecule is CC(=NC(C)C)C(C#N)C(=O)c1ccc(Cl)c(Cl)c1. The van der Waals surface area contributed by atoms with Crippen molar-refractivity contribution in [2.75, 3.05) is 0 Å². The van der Waals surface area contributed by atoms with E-state index in [1.54, 1.807) is 19.1 Å². The molecule has 0 radical (unpaired) electrons. The molecule has 1 aromatic carbocycles. The third kappa shape index (κ3) is 4.05. The Hall–Kier alpha value is -1.37. The molecule has 0 saturated carbocycles. The summed E-state index contributed by atoms with van der Waals surface area (Å²) in [7, 11) is 0. The number of nitrogens with zero attached hydrogens (tertiary/aromatic N) is 2. The van der Waals surface area contributed by atoms with Crippen LogP contribution in [0.5, 0.6) is 0 Å². The molecule has 0 aliphatic carbocycles. The average molecular weight is 297 g/mol. The molecule has 1 aromatic rings. The predicted octanol–water partition coefficient (Wildman–Crippen LogP) is 4.19. The molecule has 0 bridgehead atoms. The van der Waals surface area contributed by atoms with Gasteiger partial charge in [0.15, 0.2) is 5.78 Å². The summed E-state index contributed by atoms with van der Waals surface area (Å²) in [6.07, 6.45) is 0. The topological polar surface area (TPSA) is 53.2 Å². The van der Waals surface area contributed by atoms with E-state index in [0.29, 0.717) is 21.3 Å². The van der Waals surface area contributed by atoms with Crippen molar-refractivity contribution in [2.45, 2.75) is 26.8 Å². The van der Waals surface area contributed by atoms with Gasteiger partial charge in [-0.3, -0.25) is 9.79 Å². The Morgan fingerprint density at radius 2 is 1.95 bits per heavy atom. The van der Waals surface area contributed by atoms with E-state index in [0.717, 1.165) is 0 Å². The summed E-state index contributed by atoms with van der Waals surface area (Å²) < 4.78 is 0. The van der Waals surface area contributed by atoms with Gasteiger partial charge in [0.1, 0.15) is 5.92 Å². The summed E-state index contributed by atoms with van der Waals surface area (Å²) >= 11 is 11.7. The Morgan fingerprint density at radius 1 is 1.32 bits per heavy atom. The fourth-order valence-corrected chi connectivity index (χ4v) is 1.94. The Balaban J connectivity index is 3.09. The molecule has 3 nitrogen and oxygen atoms in total. The molecule has 0 aromatic heterocycles. The first-order chi connectivity index (χ1) is 8.86. The van der Waals surface area contributed by atoms with Gasteiger partial charge in [-0.05, 0) is 39.0 Å². The lowest BCUT2D eigenvalue weighted by Crippen LogP contribution is -2.21. The maximum Gasteiger partial charge on any atom is 0.185 e. The van der Waals surface area contributed by atoms with E-state index in [1.807, 2.05) is 19.9 Å². The number of hydrogen-bond acceptors (Lipinski definition) is 3. The minimum atomic E-state index is -0.889. The first-order valence-corrected chi connectivity index (χ1v) is 6.55. The second kappa shape index (κ2) is 6.70. The van der Waals surface area contributed by atoms with Crippen LogP contribution in [-0.4, -0.2) is 17.5 Å². The number of Topliss-reactive ketones (excluding diaryl/α,β-unsaturated/α-hetero) is 1. The lowest BCUT2D eigenvalue weighted by molar-refractivity contribution is 0.0975. The second-order valence-corrected chi connectivity index (χ2v) is 5.23. The molecule has 0 spiro atoms. The van der Waals surface area contributed by atoms with Gasteiger partial charge in [0, 0.05) is 17.3 Å². The Morgan fingerprint density at radius 3 is 2.42 bits per heavy atom. The maximum absolute atomic E-state index is 12.3. The van der Waals surface area contributed by atoms with E-state index < -0.39 is 5.92 Å². The molecule has 1 unspecified atom stereocenters. The number of aliphatic imine (C=N–C) groups is 1. The zero-order valence-electron chi connectivity index (χ0n) is 10.9. The molecule has 100 valence electrons. The molecule has 0 amide bonds. The van der Waals surface area contributed by atoms with Crippen LogP contribution in [-0.2, 0) is 0 Å². The van der Waals surface area contributed by atoms with Crippen molar-refractivity contribution >= 4 is 34.7 Å². The van der Waals surface area contributed by atoms with Crippen LogP contribution in [0.25, 0.3) is 0 Å². The van der Waals surface area contributed by atoms with Crippen molar-refractivity contribution in [3.63, 3.8) is 0 Å². The minimum Gasteiger partial charge on any atom is -0.292 e. The molecular formula is C14H14Cl2N2O. The van der Waals surface area contributed by atoms with E-state index in [-0.39, 0.29) is 11.8 Å². The van der Waals surface area contributed by atoms with Gasteiger partial charge in [-0.1, -0.05) is 23.2 Å². The van der Waals surface area contributed by atoms with E-state index in [9.17, 15) is 4.79 Å². The minimum absolute atomic E-state index is 0.0393. The highest BCUT2D eigenvalue weighted by atomic mass is 35.5. The summed E-state index contributed by atoms with van der Waals surface area (Å²) in [5.41, 5.74) is 0.868. The summed E-state index contributed by atoms with van der Waals surface area (Å²) in [5, 5.41) is 9.82. The molecule has 0 saturated heterocycles. The van der Waals surface area contributed by atoms with Gasteiger partial charge >= 0.3 is 0 Å². The highest BCUT2D eigenvalue weighted by Crippen LogP contribution is 2.24. The Bertz CT molecular complexity index is 559. The van der Waals surface area contributed by atoms with Crippen LogP contribution in [0.4, 0.5) is 0 Å². The third-order valence-corrected chi connectivity index (χ3v) is 3.21. The van der Waals surface area contributed by atoms with Crippen molar-refractivity contribution in [3.05, 3.63) is 33.8 Å². The fourth-order valence-electron chi connectivity index (χ4n) is 1.64.